The van der Waals surface area contributed by atoms with E-state index >= 15 is 0 Å². The van der Waals surface area contributed by atoms with Crippen molar-refractivity contribution >= 4 is 17.9 Å². The van der Waals surface area contributed by atoms with E-state index in [1.807, 2.05) is 21.1 Å². The van der Waals surface area contributed by atoms with Gasteiger partial charge >= 0.3 is 17.9 Å². The summed E-state index contributed by atoms with van der Waals surface area (Å²) in [5.74, 6) is -2.00. The number of rotatable bonds is 65. The highest BCUT2D eigenvalue weighted by Crippen LogP contribution is 2.17. The highest BCUT2D eigenvalue weighted by atomic mass is 16.7. The number of esters is 2. The molecule has 0 fully saturated rings. The van der Waals surface area contributed by atoms with Crippen molar-refractivity contribution in [2.24, 2.45) is 0 Å². The quantitative estimate of drug-likeness (QED) is 0.0211. The molecule has 9 nitrogen and oxygen atoms in total. The summed E-state index contributed by atoms with van der Waals surface area (Å²) in [6.07, 6.45) is 93.1. The number of quaternary nitrogens is 1. The first-order chi connectivity index (χ1) is 42.6. The molecule has 0 aromatic carbocycles. The molecule has 0 aliphatic heterocycles. The van der Waals surface area contributed by atoms with E-state index in [4.69, 9.17) is 18.9 Å². The van der Waals surface area contributed by atoms with Crippen LogP contribution >= 0.6 is 0 Å². The van der Waals surface area contributed by atoms with Crippen LogP contribution in [0.5, 0.6) is 0 Å². The first kappa shape index (κ1) is 82.7. The van der Waals surface area contributed by atoms with Crippen LogP contribution in [0.2, 0.25) is 0 Å². The Kier molecular flexibility index (Phi) is 64.3. The van der Waals surface area contributed by atoms with Crippen LogP contribution in [-0.2, 0) is 33.3 Å². The number of carboxylic acid groups (broad SMARTS) is 1. The molecule has 0 aliphatic rings. The molecule has 0 heterocycles. The van der Waals surface area contributed by atoms with Crippen molar-refractivity contribution in [3.8, 4) is 0 Å². The van der Waals surface area contributed by atoms with Crippen molar-refractivity contribution in [2.75, 3.05) is 47.5 Å². The molecule has 0 aromatic rings. The summed E-state index contributed by atoms with van der Waals surface area (Å²) in [5, 5.41) is 9.75. The summed E-state index contributed by atoms with van der Waals surface area (Å²) in [4.78, 5) is 37.7. The molecule has 1 N–H and O–H groups in total. The fraction of sp³-hybridized carbons (Fsp3) is 0.705. The van der Waals surface area contributed by atoms with Crippen LogP contribution in [0.1, 0.15) is 296 Å². The SMILES string of the molecule is CC/C=C\C/C=C\C/C=C\C/C=C\C/C=C\CCCCCCCCCCCCCCCCCCCCCC(=O)OC(COC(=O)CCCCCCCCCCCCC/C=C\C/C=C\C/C=C\C/C=C\C/C=C\CC)COC(OCC[N+](C)(C)C)C(=O)O. The number of ether oxygens (including phenoxy) is 4. The molecular formula is C78H134NO8+. The fourth-order valence-electron chi connectivity index (χ4n) is 9.83. The van der Waals surface area contributed by atoms with Crippen molar-refractivity contribution in [1.29, 1.82) is 0 Å². The lowest BCUT2D eigenvalue weighted by Crippen LogP contribution is -2.40. The van der Waals surface area contributed by atoms with Gasteiger partial charge in [-0.15, -0.1) is 0 Å². The lowest BCUT2D eigenvalue weighted by atomic mass is 10.0. The minimum absolute atomic E-state index is 0.184. The van der Waals surface area contributed by atoms with Gasteiger partial charge in [0.25, 0.3) is 6.29 Å². The third-order valence-electron chi connectivity index (χ3n) is 15.2. The zero-order valence-electron chi connectivity index (χ0n) is 56.9. The summed E-state index contributed by atoms with van der Waals surface area (Å²) in [7, 11) is 5.98. The number of allylic oxidation sites excluding steroid dienone is 20. The Hall–Kier alpha value is -4.31. The summed E-state index contributed by atoms with van der Waals surface area (Å²) in [6.45, 7) is 4.67. The zero-order valence-corrected chi connectivity index (χ0v) is 56.9. The number of hydrogen-bond donors (Lipinski definition) is 1. The third kappa shape index (κ3) is 69.0. The van der Waals surface area contributed by atoms with Crippen LogP contribution in [-0.4, -0.2) is 87.4 Å². The van der Waals surface area contributed by atoms with Crippen molar-refractivity contribution in [3.05, 3.63) is 122 Å². The maximum absolute atomic E-state index is 13.0. The summed E-state index contributed by atoms with van der Waals surface area (Å²) >= 11 is 0. The van der Waals surface area contributed by atoms with Crippen LogP contribution in [0.15, 0.2) is 122 Å². The van der Waals surface area contributed by atoms with Gasteiger partial charge < -0.3 is 28.5 Å². The molecule has 0 rings (SSSR count). The van der Waals surface area contributed by atoms with Gasteiger partial charge in [-0.1, -0.05) is 302 Å². The minimum atomic E-state index is -1.52. The van der Waals surface area contributed by atoms with Crippen molar-refractivity contribution in [1.82, 2.24) is 0 Å². The monoisotopic (exact) mass is 1210 g/mol. The smallest absolute Gasteiger partial charge is 0.361 e. The Morgan fingerprint density at radius 3 is 0.920 bits per heavy atom. The van der Waals surface area contributed by atoms with Gasteiger partial charge in [0.1, 0.15) is 13.2 Å². The topological polar surface area (TPSA) is 108 Å². The fourth-order valence-corrected chi connectivity index (χ4v) is 9.83. The molecular weight excluding hydrogens is 1080 g/mol. The first-order valence-corrected chi connectivity index (χ1v) is 35.7. The standard InChI is InChI=1S/C78H133NO8/c1-6-8-10-12-14-16-18-20-22-24-26-28-30-32-34-35-36-37-38-39-40-41-43-45-47-49-51-53-55-57-59-61-63-65-67-69-76(81)87-74(73-86-78(77(82)83)84-71-70-79(3,4)5)72-85-75(80)68-66-64-62-60-58-56-54-52-50-48-46-44-42-33-31-29-27-25-23-21-19-17-15-13-11-9-7-2/h8-11,14-17,20-23,26-29,32-34,42,74,78H,6-7,12-13,18-19,24-25,30-31,35-41,43-73H2,1-5H3/p+1/b10-8-,11-9-,16-14-,17-15-,22-20-,23-21-,28-26-,29-27-,34-32-,42-33-. The second kappa shape index (κ2) is 67.6. The minimum Gasteiger partial charge on any atom is -0.477 e. The van der Waals surface area contributed by atoms with Crippen LogP contribution in [0.3, 0.4) is 0 Å². The molecule has 0 aromatic heterocycles. The van der Waals surface area contributed by atoms with Gasteiger partial charge in [0.05, 0.1) is 34.4 Å². The number of aliphatic carboxylic acids is 1. The van der Waals surface area contributed by atoms with Crippen molar-refractivity contribution in [2.45, 2.75) is 309 Å². The molecule has 0 bridgehead atoms. The Morgan fingerprint density at radius 2 is 0.621 bits per heavy atom. The second-order valence-electron chi connectivity index (χ2n) is 24.8. The van der Waals surface area contributed by atoms with Gasteiger partial charge in [0, 0.05) is 12.8 Å². The number of likely N-dealkylation sites (N-methyl/N-ethyl adjacent to an activating group) is 1. The number of nitrogens with zero attached hydrogens (tertiary/aromatic N) is 1. The lowest BCUT2D eigenvalue weighted by molar-refractivity contribution is -0.870. The number of hydrogen-bond acceptors (Lipinski definition) is 7. The molecule has 0 spiro atoms. The average molecular weight is 1210 g/mol. The van der Waals surface area contributed by atoms with Crippen LogP contribution in [0, 0.1) is 0 Å². The van der Waals surface area contributed by atoms with E-state index in [-0.39, 0.29) is 32.2 Å². The predicted octanol–water partition coefficient (Wildman–Crippen LogP) is 22.4. The molecule has 0 saturated carbocycles. The van der Waals surface area contributed by atoms with Gasteiger partial charge in [-0.2, -0.15) is 0 Å². The molecule has 0 aliphatic carbocycles. The van der Waals surface area contributed by atoms with Gasteiger partial charge in [0.2, 0.25) is 0 Å². The molecule has 498 valence electrons. The molecule has 0 radical (unpaired) electrons. The molecule has 2 unspecified atom stereocenters. The number of carboxylic acids is 1. The van der Waals surface area contributed by atoms with E-state index < -0.39 is 24.3 Å². The summed E-state index contributed by atoms with van der Waals surface area (Å²) in [6, 6.07) is 0. The van der Waals surface area contributed by atoms with Gasteiger partial charge in [-0.25, -0.2) is 4.79 Å². The highest BCUT2D eigenvalue weighted by Gasteiger charge is 2.25. The third-order valence-corrected chi connectivity index (χ3v) is 15.2. The number of carbonyl (C=O) groups is 3. The van der Waals surface area contributed by atoms with Crippen LogP contribution in [0.25, 0.3) is 0 Å². The Morgan fingerprint density at radius 1 is 0.345 bits per heavy atom. The summed E-state index contributed by atoms with van der Waals surface area (Å²) in [5.41, 5.74) is 0. The number of carbonyl (C=O) groups excluding carboxylic acids is 2. The molecule has 2 atom stereocenters. The van der Waals surface area contributed by atoms with Crippen molar-refractivity contribution < 1.29 is 42.9 Å². The highest BCUT2D eigenvalue weighted by molar-refractivity contribution is 5.71. The zero-order chi connectivity index (χ0) is 63.3. The maximum atomic E-state index is 13.0. The normalized spacial score (nSPS) is 13.4. The summed E-state index contributed by atoms with van der Waals surface area (Å²) < 4.78 is 23.0. The van der Waals surface area contributed by atoms with E-state index in [1.165, 1.54) is 167 Å². The van der Waals surface area contributed by atoms with Crippen LogP contribution in [0.4, 0.5) is 0 Å². The van der Waals surface area contributed by atoms with E-state index in [1.54, 1.807) is 0 Å². The van der Waals surface area contributed by atoms with Gasteiger partial charge in [0.15, 0.2) is 6.10 Å². The van der Waals surface area contributed by atoms with Crippen molar-refractivity contribution in [3.63, 3.8) is 0 Å². The Balaban J connectivity index is 4.09. The first-order valence-electron chi connectivity index (χ1n) is 35.7. The van der Waals surface area contributed by atoms with Crippen LogP contribution < -0.4 is 0 Å². The molecule has 9 heteroatoms. The van der Waals surface area contributed by atoms with Gasteiger partial charge in [-0.3, -0.25) is 9.59 Å². The molecule has 0 amide bonds. The molecule has 0 saturated heterocycles. The predicted molar refractivity (Wildman–Crippen MR) is 373 cm³/mol. The lowest BCUT2D eigenvalue weighted by Gasteiger charge is -2.25. The van der Waals surface area contributed by atoms with E-state index in [2.05, 4.69) is 135 Å². The van der Waals surface area contributed by atoms with E-state index in [0.29, 0.717) is 17.4 Å². The van der Waals surface area contributed by atoms with E-state index in [0.717, 1.165) is 103 Å². The number of unbranched alkanes of at least 4 members (excludes halogenated alkanes) is 30. The maximum Gasteiger partial charge on any atom is 0.361 e. The van der Waals surface area contributed by atoms with Gasteiger partial charge in [-0.05, 0) is 103 Å². The van der Waals surface area contributed by atoms with E-state index in [9.17, 15) is 19.5 Å². The largest absolute Gasteiger partial charge is 0.477 e. The molecule has 87 heavy (non-hydrogen) atoms. The Labute approximate surface area is 536 Å². The Bertz CT molecular complexity index is 1840. The second-order valence-corrected chi connectivity index (χ2v) is 24.8. The average Bonchev–Trinajstić information content (AvgIpc) is 3.56.